The third-order valence-corrected chi connectivity index (χ3v) is 3.96. The quantitative estimate of drug-likeness (QED) is 0.741. The number of ether oxygens (including phenoxy) is 1. The number of benzene rings is 2. The molecule has 0 radical (unpaired) electrons. The van der Waals surface area contributed by atoms with Gasteiger partial charge in [-0.05, 0) is 18.2 Å². The van der Waals surface area contributed by atoms with Crippen molar-refractivity contribution in [1.82, 2.24) is 4.90 Å². The fraction of sp³-hybridized carbons (Fsp3) is 0.235. The molecule has 2 heterocycles. The topological polar surface area (TPSA) is 28.1 Å². The Kier molecular flexibility index (Phi) is 2.64. The SMILES string of the molecule is CN(C)C1=NCC2c3ccccc3Oc3ccccc3N12. The lowest BCUT2D eigenvalue weighted by atomic mass is 10.1. The van der Waals surface area contributed by atoms with Crippen molar-refractivity contribution in [2.45, 2.75) is 6.04 Å². The lowest BCUT2D eigenvalue weighted by molar-refractivity contribution is 0.482. The van der Waals surface area contributed by atoms with Crippen LogP contribution in [0.15, 0.2) is 53.5 Å². The molecule has 2 aliphatic heterocycles. The third-order valence-electron chi connectivity index (χ3n) is 3.96. The van der Waals surface area contributed by atoms with E-state index in [0.717, 1.165) is 29.7 Å². The third kappa shape index (κ3) is 1.79. The van der Waals surface area contributed by atoms with Crippen LogP contribution in [0.25, 0.3) is 0 Å². The molecule has 4 nitrogen and oxygen atoms in total. The molecule has 21 heavy (non-hydrogen) atoms. The van der Waals surface area contributed by atoms with E-state index in [0.29, 0.717) is 0 Å². The van der Waals surface area contributed by atoms with Crippen molar-refractivity contribution in [3.63, 3.8) is 0 Å². The van der Waals surface area contributed by atoms with E-state index in [-0.39, 0.29) is 6.04 Å². The molecule has 4 rings (SSSR count). The lowest BCUT2D eigenvalue weighted by Gasteiger charge is -2.29. The largest absolute Gasteiger partial charge is 0.455 e. The second-order valence-electron chi connectivity index (χ2n) is 5.53. The van der Waals surface area contributed by atoms with Gasteiger partial charge in [0.25, 0.3) is 0 Å². The minimum atomic E-state index is 0.197. The van der Waals surface area contributed by atoms with Crippen LogP contribution in [0.5, 0.6) is 11.5 Å². The Morgan fingerprint density at radius 3 is 2.57 bits per heavy atom. The van der Waals surface area contributed by atoms with Crippen molar-refractivity contribution >= 4 is 11.6 Å². The normalized spacial score (nSPS) is 18.9. The molecule has 0 saturated heterocycles. The maximum Gasteiger partial charge on any atom is 0.201 e. The van der Waals surface area contributed by atoms with Gasteiger partial charge in [0.05, 0.1) is 18.3 Å². The molecule has 106 valence electrons. The first-order chi connectivity index (χ1) is 10.3. The molecular weight excluding hydrogens is 262 g/mol. The number of aliphatic imine (C=N–C) groups is 1. The number of nitrogens with zero attached hydrogens (tertiary/aromatic N) is 3. The highest BCUT2D eigenvalue weighted by Crippen LogP contribution is 2.46. The van der Waals surface area contributed by atoms with Gasteiger partial charge < -0.3 is 9.64 Å². The highest BCUT2D eigenvalue weighted by atomic mass is 16.5. The van der Waals surface area contributed by atoms with Crippen LogP contribution >= 0.6 is 0 Å². The molecule has 1 unspecified atom stereocenters. The zero-order valence-corrected chi connectivity index (χ0v) is 12.2. The van der Waals surface area contributed by atoms with Crippen molar-refractivity contribution < 1.29 is 4.74 Å². The Morgan fingerprint density at radius 1 is 1.05 bits per heavy atom. The molecule has 0 aliphatic carbocycles. The summed E-state index contributed by atoms with van der Waals surface area (Å²) < 4.78 is 6.15. The van der Waals surface area contributed by atoms with Crippen LogP contribution in [0, 0.1) is 0 Å². The second-order valence-corrected chi connectivity index (χ2v) is 5.53. The molecule has 0 spiro atoms. The van der Waals surface area contributed by atoms with Gasteiger partial charge in [-0.2, -0.15) is 0 Å². The van der Waals surface area contributed by atoms with E-state index >= 15 is 0 Å². The van der Waals surface area contributed by atoms with Gasteiger partial charge in [0.15, 0.2) is 5.75 Å². The summed E-state index contributed by atoms with van der Waals surface area (Å²) in [6, 6.07) is 16.6. The number of rotatable bonds is 0. The van der Waals surface area contributed by atoms with Crippen molar-refractivity contribution in [3.05, 3.63) is 54.1 Å². The van der Waals surface area contributed by atoms with Crippen LogP contribution < -0.4 is 9.64 Å². The Morgan fingerprint density at radius 2 is 1.76 bits per heavy atom. The summed E-state index contributed by atoms with van der Waals surface area (Å²) in [5.74, 6) is 2.78. The Bertz CT molecular complexity index is 723. The molecule has 0 fully saturated rings. The van der Waals surface area contributed by atoms with Crippen LogP contribution in [0.4, 0.5) is 5.69 Å². The fourth-order valence-electron chi connectivity index (χ4n) is 3.05. The van der Waals surface area contributed by atoms with E-state index in [2.05, 4.69) is 28.0 Å². The Balaban J connectivity index is 1.94. The minimum absolute atomic E-state index is 0.197. The van der Waals surface area contributed by atoms with Crippen LogP contribution in [0.2, 0.25) is 0 Å². The number of hydrogen-bond acceptors (Lipinski definition) is 4. The first-order valence-electron chi connectivity index (χ1n) is 7.12. The van der Waals surface area contributed by atoms with Gasteiger partial charge in [0, 0.05) is 19.7 Å². The fourth-order valence-corrected chi connectivity index (χ4v) is 3.05. The smallest absolute Gasteiger partial charge is 0.201 e. The monoisotopic (exact) mass is 279 g/mol. The summed E-state index contributed by atoms with van der Waals surface area (Å²) in [6.45, 7) is 0.752. The summed E-state index contributed by atoms with van der Waals surface area (Å²) >= 11 is 0. The molecule has 2 aromatic rings. The molecule has 4 heteroatoms. The lowest BCUT2D eigenvalue weighted by Crippen LogP contribution is -2.39. The van der Waals surface area contributed by atoms with E-state index in [1.165, 1.54) is 5.56 Å². The van der Waals surface area contributed by atoms with Gasteiger partial charge in [-0.1, -0.05) is 30.3 Å². The average Bonchev–Trinajstić information content (AvgIpc) is 2.88. The maximum atomic E-state index is 6.15. The average molecular weight is 279 g/mol. The number of para-hydroxylation sites is 3. The molecule has 1 atom stereocenters. The van der Waals surface area contributed by atoms with Crippen LogP contribution in [-0.4, -0.2) is 31.5 Å². The number of fused-ring (bicyclic) bond motifs is 5. The summed E-state index contributed by atoms with van der Waals surface area (Å²) in [7, 11) is 4.06. The Labute approximate surface area is 124 Å². The van der Waals surface area contributed by atoms with Crippen LogP contribution in [0.3, 0.4) is 0 Å². The van der Waals surface area contributed by atoms with Crippen LogP contribution in [-0.2, 0) is 0 Å². The predicted molar refractivity (Wildman–Crippen MR) is 84.2 cm³/mol. The minimum Gasteiger partial charge on any atom is -0.455 e. The highest BCUT2D eigenvalue weighted by molar-refractivity contribution is 6.00. The molecule has 0 N–H and O–H groups in total. The summed E-state index contributed by atoms with van der Waals surface area (Å²) in [6.07, 6.45) is 0. The first-order valence-corrected chi connectivity index (χ1v) is 7.12. The van der Waals surface area contributed by atoms with Gasteiger partial charge >= 0.3 is 0 Å². The number of guanidine groups is 1. The molecule has 0 amide bonds. The molecule has 2 aromatic carbocycles. The standard InChI is InChI=1S/C17H17N3O/c1-19(2)17-18-11-14-12-7-3-5-9-15(12)21-16-10-6-4-8-13(16)20(14)17/h3-10,14H,11H2,1-2H3. The van der Waals surface area contributed by atoms with Crippen molar-refractivity contribution in [1.29, 1.82) is 0 Å². The van der Waals surface area contributed by atoms with E-state index in [9.17, 15) is 0 Å². The maximum absolute atomic E-state index is 6.15. The van der Waals surface area contributed by atoms with Crippen molar-refractivity contribution in [2.24, 2.45) is 4.99 Å². The molecule has 0 aromatic heterocycles. The van der Waals surface area contributed by atoms with E-state index in [1.807, 2.05) is 44.4 Å². The molecule has 2 aliphatic rings. The first kappa shape index (κ1) is 12.3. The summed E-state index contributed by atoms with van der Waals surface area (Å²) in [5, 5.41) is 0. The van der Waals surface area contributed by atoms with E-state index in [4.69, 9.17) is 9.73 Å². The molecular formula is C17H17N3O. The van der Waals surface area contributed by atoms with E-state index < -0.39 is 0 Å². The zero-order chi connectivity index (χ0) is 14.4. The highest BCUT2D eigenvalue weighted by Gasteiger charge is 2.36. The second kappa shape index (κ2) is 4.52. The van der Waals surface area contributed by atoms with Crippen molar-refractivity contribution in [2.75, 3.05) is 25.5 Å². The van der Waals surface area contributed by atoms with E-state index in [1.54, 1.807) is 0 Å². The van der Waals surface area contributed by atoms with Gasteiger partial charge in [-0.15, -0.1) is 0 Å². The van der Waals surface area contributed by atoms with Gasteiger partial charge in [-0.25, -0.2) is 0 Å². The molecule has 0 saturated carbocycles. The van der Waals surface area contributed by atoms with Gasteiger partial charge in [0.2, 0.25) is 5.96 Å². The van der Waals surface area contributed by atoms with Crippen LogP contribution in [0.1, 0.15) is 11.6 Å². The van der Waals surface area contributed by atoms with Gasteiger partial charge in [0.1, 0.15) is 5.75 Å². The number of hydrogen-bond donors (Lipinski definition) is 0. The zero-order valence-electron chi connectivity index (χ0n) is 12.2. The van der Waals surface area contributed by atoms with Gasteiger partial charge in [-0.3, -0.25) is 9.89 Å². The summed E-state index contributed by atoms with van der Waals surface area (Å²) in [5.41, 5.74) is 2.26. The summed E-state index contributed by atoms with van der Waals surface area (Å²) in [4.78, 5) is 9.07. The Hall–Kier alpha value is -2.49. The van der Waals surface area contributed by atoms with Crippen molar-refractivity contribution in [3.8, 4) is 11.5 Å². The number of anilines is 1. The predicted octanol–water partition coefficient (Wildman–Crippen LogP) is 3.27. The molecule has 0 bridgehead atoms.